The van der Waals surface area contributed by atoms with E-state index in [2.05, 4.69) is 9.47 Å². The lowest BCUT2D eigenvalue weighted by Crippen LogP contribution is -2.20. The lowest BCUT2D eigenvalue weighted by Gasteiger charge is -2.04. The number of ether oxygens (including phenoxy) is 2. The molecule has 0 spiro atoms. The summed E-state index contributed by atoms with van der Waals surface area (Å²) < 4.78 is 8.78. The lowest BCUT2D eigenvalue weighted by molar-refractivity contribution is -0.149. The highest BCUT2D eigenvalue weighted by Crippen LogP contribution is 1.90. The van der Waals surface area contributed by atoms with E-state index in [0.717, 1.165) is 0 Å². The van der Waals surface area contributed by atoms with Crippen LogP contribution < -0.4 is 0 Å². The summed E-state index contributed by atoms with van der Waals surface area (Å²) in [5.41, 5.74) is 0. The van der Waals surface area contributed by atoms with Crippen molar-refractivity contribution in [1.29, 1.82) is 0 Å². The van der Waals surface area contributed by atoms with Crippen LogP contribution in [0.3, 0.4) is 0 Å². The van der Waals surface area contributed by atoms with Gasteiger partial charge in [-0.25, -0.2) is 9.59 Å². The highest BCUT2D eigenvalue weighted by molar-refractivity contribution is 5.86. The minimum Gasteiger partial charge on any atom is -0.472 e. The first-order valence-corrected chi connectivity index (χ1v) is 3.05. The first-order valence-electron chi connectivity index (χ1n) is 3.05. The summed E-state index contributed by atoms with van der Waals surface area (Å²) in [4.78, 5) is 20.5. The molecular weight excluding hydrogens is 164 g/mol. The second-order valence-electron chi connectivity index (χ2n) is 1.82. The van der Waals surface area contributed by atoms with Gasteiger partial charge >= 0.3 is 11.9 Å². The second kappa shape index (κ2) is 5.02. The predicted octanol–water partition coefficient (Wildman–Crippen LogP) is -0.390. The number of methoxy groups -OCH3 is 1. The summed E-state index contributed by atoms with van der Waals surface area (Å²) in [5, 5.41) is 8.05. The molecule has 0 rings (SSSR count). The van der Waals surface area contributed by atoms with E-state index in [-0.39, 0.29) is 0 Å². The molecule has 0 aromatic rings. The van der Waals surface area contributed by atoms with Gasteiger partial charge in [-0.1, -0.05) is 0 Å². The molecule has 1 N–H and O–H groups in total. The number of carbonyl (C=O) groups excluding carboxylic acids is 1. The molecule has 0 amide bonds. The highest BCUT2D eigenvalue weighted by Gasteiger charge is 2.12. The van der Waals surface area contributed by atoms with Gasteiger partial charge in [0.25, 0.3) is 0 Å². The van der Waals surface area contributed by atoms with Crippen molar-refractivity contribution in [3.05, 3.63) is 0 Å². The van der Waals surface area contributed by atoms with Crippen LogP contribution >= 0.6 is 0 Å². The van der Waals surface area contributed by atoms with Crippen molar-refractivity contribution in [3.63, 3.8) is 0 Å². The first kappa shape index (κ1) is 10.3. The van der Waals surface area contributed by atoms with Gasteiger partial charge in [-0.3, -0.25) is 0 Å². The third kappa shape index (κ3) is 4.17. The summed E-state index contributed by atoms with van der Waals surface area (Å²) in [6.45, 7) is 1.41. The molecule has 0 heterocycles. The van der Waals surface area contributed by atoms with Gasteiger partial charge in [0.15, 0.2) is 0 Å². The zero-order valence-electron chi connectivity index (χ0n) is 6.66. The number of carboxylic acid groups (broad SMARTS) is 1. The van der Waals surface area contributed by atoms with Crippen molar-refractivity contribution in [1.82, 2.24) is 0 Å². The molecule has 0 aromatic carbocycles. The normalized spacial score (nSPS) is 10.5. The molecule has 0 aliphatic carbocycles. The number of aliphatic carboxylic acids is 1. The number of hydrogen-bond acceptors (Lipinski definition) is 4. The maximum Gasteiger partial charge on any atom is 0.385 e. The van der Waals surface area contributed by atoms with E-state index in [1.807, 2.05) is 6.11 Å². The highest BCUT2D eigenvalue weighted by atomic mass is 16.6. The molecule has 0 fully saturated rings. The summed E-state index contributed by atoms with van der Waals surface area (Å²) in [5.74, 6) is -0.223. The van der Waals surface area contributed by atoms with Crippen LogP contribution in [0.2, 0.25) is 0 Å². The van der Waals surface area contributed by atoms with Gasteiger partial charge in [-0.2, -0.15) is 0 Å². The predicted molar refractivity (Wildman–Crippen MR) is 38.0 cm³/mol. The summed E-state index contributed by atoms with van der Waals surface area (Å²) in [6.07, 6.45) is 0.976. The zero-order chi connectivity index (χ0) is 9.56. The van der Waals surface area contributed by atoms with Crippen LogP contribution in [0.15, 0.2) is 0 Å². The number of rotatable bonds is 2. The number of carbonyl (C=O) groups is 2. The fourth-order valence-corrected chi connectivity index (χ4v) is 0.376. The Labute approximate surface area is 69.3 Å². The minimum atomic E-state index is -1.31. The maximum absolute atomic E-state index is 10.6. The third-order valence-corrected chi connectivity index (χ3v) is 0.927. The minimum absolute atomic E-state index is 0.602. The maximum atomic E-state index is 10.6. The van der Waals surface area contributed by atoms with Crippen LogP contribution in [0.25, 0.3) is 0 Å². The molecule has 0 aliphatic heterocycles. The van der Waals surface area contributed by atoms with Crippen LogP contribution in [0.4, 0.5) is 0 Å². The molecule has 66 valence electrons. The Morgan fingerprint density at radius 1 is 1.50 bits per heavy atom. The third-order valence-electron chi connectivity index (χ3n) is 0.927. The number of esters is 1. The molecule has 1 atom stereocenters. The van der Waals surface area contributed by atoms with Crippen LogP contribution in [0.1, 0.15) is 6.92 Å². The van der Waals surface area contributed by atoms with Crippen molar-refractivity contribution >= 4 is 11.9 Å². The molecule has 0 aliphatic rings. The lowest BCUT2D eigenvalue weighted by atomic mass is 10.4. The molecular formula is C7H8O5. The van der Waals surface area contributed by atoms with Crippen molar-refractivity contribution in [2.45, 2.75) is 13.0 Å². The summed E-state index contributed by atoms with van der Waals surface area (Å²) in [7, 11) is 1.20. The van der Waals surface area contributed by atoms with Gasteiger partial charge in [0.05, 0.1) is 13.0 Å². The summed E-state index contributed by atoms with van der Waals surface area (Å²) in [6, 6.07) is 0. The Morgan fingerprint density at radius 2 is 2.08 bits per heavy atom. The fourth-order valence-electron chi connectivity index (χ4n) is 0.376. The van der Waals surface area contributed by atoms with Gasteiger partial charge in [0.2, 0.25) is 6.10 Å². The second-order valence-corrected chi connectivity index (χ2v) is 1.82. The largest absolute Gasteiger partial charge is 0.472 e. The molecule has 0 radical (unpaired) electrons. The Bertz CT molecular complexity index is 234. The summed E-state index contributed by atoms with van der Waals surface area (Å²) >= 11 is 0. The quantitative estimate of drug-likeness (QED) is 0.453. The first-order chi connectivity index (χ1) is 5.57. The van der Waals surface area contributed by atoms with Gasteiger partial charge in [0.1, 0.15) is 6.11 Å². The Hall–Kier alpha value is -1.70. The molecule has 0 bridgehead atoms. The topological polar surface area (TPSA) is 72.8 Å². The number of carboxylic acids is 1. The van der Waals surface area contributed by atoms with Gasteiger partial charge in [0, 0.05) is 0 Å². The van der Waals surface area contributed by atoms with E-state index in [1.54, 1.807) is 5.92 Å². The van der Waals surface area contributed by atoms with Crippen LogP contribution in [0, 0.1) is 12.0 Å². The van der Waals surface area contributed by atoms with E-state index in [0.29, 0.717) is 0 Å². The van der Waals surface area contributed by atoms with Crippen molar-refractivity contribution in [3.8, 4) is 12.0 Å². The van der Waals surface area contributed by atoms with E-state index in [1.165, 1.54) is 14.0 Å². The van der Waals surface area contributed by atoms with Gasteiger partial charge in [-0.15, -0.1) is 0 Å². The van der Waals surface area contributed by atoms with Crippen LogP contribution in [-0.4, -0.2) is 30.3 Å². The standard InChI is InChI=1S/C7H8O5/c1-5(7(10)11-2)12-4-3-6(8)9/h5H,1-2H3,(H,8,9). The molecule has 12 heavy (non-hydrogen) atoms. The molecule has 0 aromatic heterocycles. The van der Waals surface area contributed by atoms with Crippen molar-refractivity contribution < 1.29 is 24.2 Å². The van der Waals surface area contributed by atoms with E-state index < -0.39 is 18.0 Å². The molecule has 5 heteroatoms. The average Bonchev–Trinajstić information content (AvgIpc) is 2.02. The van der Waals surface area contributed by atoms with Crippen LogP contribution in [-0.2, 0) is 19.1 Å². The number of hydrogen-bond donors (Lipinski definition) is 1. The van der Waals surface area contributed by atoms with E-state index in [9.17, 15) is 9.59 Å². The Balaban J connectivity index is 3.88. The SMILES string of the molecule is COC(=O)C(C)OC#CC(=O)O. The molecule has 0 saturated heterocycles. The molecule has 1 unspecified atom stereocenters. The van der Waals surface area contributed by atoms with E-state index in [4.69, 9.17) is 5.11 Å². The van der Waals surface area contributed by atoms with Crippen molar-refractivity contribution in [2.24, 2.45) is 0 Å². The fraction of sp³-hybridized carbons (Fsp3) is 0.429. The Kier molecular flexibility index (Phi) is 4.31. The van der Waals surface area contributed by atoms with Gasteiger partial charge in [-0.05, 0) is 6.92 Å². The van der Waals surface area contributed by atoms with E-state index >= 15 is 0 Å². The average molecular weight is 172 g/mol. The Morgan fingerprint density at radius 3 is 2.50 bits per heavy atom. The van der Waals surface area contributed by atoms with Crippen molar-refractivity contribution in [2.75, 3.05) is 7.11 Å². The molecule has 5 nitrogen and oxygen atoms in total. The van der Waals surface area contributed by atoms with Crippen LogP contribution in [0.5, 0.6) is 0 Å². The van der Waals surface area contributed by atoms with Gasteiger partial charge < -0.3 is 14.6 Å². The molecule has 0 saturated carbocycles. The zero-order valence-corrected chi connectivity index (χ0v) is 6.66. The monoisotopic (exact) mass is 172 g/mol. The smallest absolute Gasteiger partial charge is 0.385 e.